The zero-order chi connectivity index (χ0) is 15.5. The van der Waals surface area contributed by atoms with Crippen molar-refractivity contribution in [1.29, 1.82) is 0 Å². The molecule has 120 valence electrons. The number of amides is 2. The molecule has 0 unspecified atom stereocenters. The third kappa shape index (κ3) is 3.19. The Labute approximate surface area is 135 Å². The molecule has 3 rings (SSSR count). The average molecular weight is 320 g/mol. The summed E-state index contributed by atoms with van der Waals surface area (Å²) >= 11 is 1.64. The Balaban J connectivity index is 1.67. The second-order valence-electron chi connectivity index (χ2n) is 6.29. The summed E-state index contributed by atoms with van der Waals surface area (Å²) in [4.78, 5) is 28.7. The molecule has 4 nitrogen and oxygen atoms in total. The highest BCUT2D eigenvalue weighted by molar-refractivity contribution is 7.14. The molecule has 0 radical (unpaired) electrons. The van der Waals surface area contributed by atoms with Crippen LogP contribution < -0.4 is 5.32 Å². The van der Waals surface area contributed by atoms with Gasteiger partial charge in [0, 0.05) is 30.4 Å². The fraction of sp³-hybridized carbons (Fsp3) is 0.647. The molecule has 22 heavy (non-hydrogen) atoms. The number of likely N-dealkylation sites (tertiary alicyclic amines) is 1. The minimum Gasteiger partial charge on any atom is -0.356 e. The van der Waals surface area contributed by atoms with Gasteiger partial charge in [0.15, 0.2) is 0 Å². The van der Waals surface area contributed by atoms with E-state index in [4.69, 9.17) is 0 Å². The monoisotopic (exact) mass is 320 g/mol. The predicted octanol–water partition coefficient (Wildman–Crippen LogP) is 2.62. The molecule has 0 bridgehead atoms. The molecule has 1 aromatic heterocycles. The van der Waals surface area contributed by atoms with Crippen molar-refractivity contribution in [3.8, 4) is 0 Å². The van der Waals surface area contributed by atoms with Crippen LogP contribution in [0.1, 0.15) is 52.7 Å². The molecule has 0 spiro atoms. The molecule has 0 aromatic carbocycles. The molecule has 2 heterocycles. The Hall–Kier alpha value is -1.36. The van der Waals surface area contributed by atoms with E-state index in [0.29, 0.717) is 0 Å². The zero-order valence-electron chi connectivity index (χ0n) is 13.2. The third-order valence-corrected chi connectivity index (χ3v) is 5.83. The first kappa shape index (κ1) is 15.5. The molecule has 0 saturated carbocycles. The second kappa shape index (κ2) is 6.82. The lowest BCUT2D eigenvalue weighted by Gasteiger charge is -2.21. The first-order valence-electron chi connectivity index (χ1n) is 8.37. The van der Waals surface area contributed by atoms with E-state index in [1.165, 1.54) is 10.4 Å². The van der Waals surface area contributed by atoms with Crippen LogP contribution in [0.15, 0.2) is 6.07 Å². The van der Waals surface area contributed by atoms with Gasteiger partial charge in [-0.25, -0.2) is 0 Å². The van der Waals surface area contributed by atoms with Crippen molar-refractivity contribution in [2.45, 2.75) is 45.4 Å². The number of hydrogen-bond donors (Lipinski definition) is 1. The highest BCUT2D eigenvalue weighted by Crippen LogP contribution is 2.33. The smallest absolute Gasteiger partial charge is 0.263 e. The fourth-order valence-electron chi connectivity index (χ4n) is 3.32. The first-order valence-corrected chi connectivity index (χ1v) is 9.19. The van der Waals surface area contributed by atoms with Crippen LogP contribution in [-0.4, -0.2) is 36.3 Å². The third-order valence-electron chi connectivity index (χ3n) is 4.61. The molecule has 2 aliphatic rings. The van der Waals surface area contributed by atoms with Crippen molar-refractivity contribution in [3.63, 3.8) is 0 Å². The van der Waals surface area contributed by atoms with Gasteiger partial charge in [-0.1, -0.05) is 6.92 Å². The van der Waals surface area contributed by atoms with Gasteiger partial charge in [-0.05, 0) is 50.2 Å². The maximum atomic E-state index is 12.5. The summed E-state index contributed by atoms with van der Waals surface area (Å²) in [6.07, 6.45) is 5.83. The molecule has 1 fully saturated rings. The van der Waals surface area contributed by atoms with E-state index in [1.807, 2.05) is 11.0 Å². The van der Waals surface area contributed by atoms with Crippen LogP contribution in [0, 0.1) is 5.92 Å². The Kier molecular flexibility index (Phi) is 4.81. The lowest BCUT2D eigenvalue weighted by atomic mass is 9.87. The molecule has 1 aliphatic heterocycles. The van der Waals surface area contributed by atoms with Crippen LogP contribution in [0.5, 0.6) is 0 Å². The number of aryl methyl sites for hydroxylation is 1. The number of fused-ring (bicyclic) bond motifs is 1. The molecular weight excluding hydrogens is 296 g/mol. The van der Waals surface area contributed by atoms with E-state index >= 15 is 0 Å². The van der Waals surface area contributed by atoms with Gasteiger partial charge in [0.25, 0.3) is 5.91 Å². The molecule has 2 amide bonds. The van der Waals surface area contributed by atoms with Gasteiger partial charge in [-0.3, -0.25) is 9.59 Å². The summed E-state index contributed by atoms with van der Waals surface area (Å²) < 4.78 is 0. The SMILES string of the molecule is CCCNC(=O)[C@@H]1CCc2sc(C(=O)N3CCCC3)cc2C1. The minimum atomic E-state index is 0.0726. The van der Waals surface area contributed by atoms with E-state index in [1.54, 1.807) is 11.3 Å². The van der Waals surface area contributed by atoms with Gasteiger partial charge in [0.05, 0.1) is 4.88 Å². The van der Waals surface area contributed by atoms with Crippen molar-refractivity contribution < 1.29 is 9.59 Å². The summed E-state index contributed by atoms with van der Waals surface area (Å²) in [5.74, 6) is 0.429. The number of carbonyl (C=O) groups is 2. The number of rotatable bonds is 4. The molecule has 1 atom stereocenters. The maximum absolute atomic E-state index is 12.5. The Morgan fingerprint density at radius 2 is 2.14 bits per heavy atom. The Morgan fingerprint density at radius 3 is 2.86 bits per heavy atom. The largest absolute Gasteiger partial charge is 0.356 e. The molecule has 1 aromatic rings. The maximum Gasteiger partial charge on any atom is 0.263 e. The van der Waals surface area contributed by atoms with Crippen molar-refractivity contribution in [2.24, 2.45) is 5.92 Å². The van der Waals surface area contributed by atoms with Crippen LogP contribution in [0.2, 0.25) is 0 Å². The predicted molar refractivity (Wildman–Crippen MR) is 88.3 cm³/mol. The number of carbonyl (C=O) groups excluding carboxylic acids is 2. The standard InChI is InChI=1S/C17H24N2O2S/c1-2-7-18-16(20)12-5-6-14-13(10-12)11-15(22-14)17(21)19-8-3-4-9-19/h11-12H,2-10H2,1H3,(H,18,20)/t12-/m1/s1. The van der Waals surface area contributed by atoms with Gasteiger partial charge in [0.2, 0.25) is 5.91 Å². The summed E-state index contributed by atoms with van der Waals surface area (Å²) in [6, 6.07) is 2.04. The minimum absolute atomic E-state index is 0.0726. The number of hydrogen-bond acceptors (Lipinski definition) is 3. The van der Waals surface area contributed by atoms with Gasteiger partial charge in [-0.2, -0.15) is 0 Å². The van der Waals surface area contributed by atoms with Crippen molar-refractivity contribution in [1.82, 2.24) is 10.2 Å². The van der Waals surface area contributed by atoms with Crippen LogP contribution in [0.3, 0.4) is 0 Å². The molecule has 1 saturated heterocycles. The van der Waals surface area contributed by atoms with E-state index in [2.05, 4.69) is 12.2 Å². The number of nitrogens with one attached hydrogen (secondary N) is 1. The van der Waals surface area contributed by atoms with E-state index in [0.717, 1.165) is 63.0 Å². The van der Waals surface area contributed by atoms with Crippen molar-refractivity contribution in [2.75, 3.05) is 19.6 Å². The van der Waals surface area contributed by atoms with Crippen LogP contribution in [0.25, 0.3) is 0 Å². The summed E-state index contributed by atoms with van der Waals surface area (Å²) in [6.45, 7) is 4.60. The van der Waals surface area contributed by atoms with E-state index < -0.39 is 0 Å². The number of thiophene rings is 1. The lowest BCUT2D eigenvalue weighted by molar-refractivity contribution is -0.125. The summed E-state index contributed by atoms with van der Waals surface area (Å²) in [5.41, 5.74) is 1.22. The van der Waals surface area contributed by atoms with E-state index in [9.17, 15) is 9.59 Å². The Morgan fingerprint density at radius 1 is 1.36 bits per heavy atom. The first-order chi connectivity index (χ1) is 10.7. The normalized spacial score (nSPS) is 20.8. The molecule has 1 N–H and O–H groups in total. The molecule has 5 heteroatoms. The van der Waals surface area contributed by atoms with Crippen LogP contribution in [-0.2, 0) is 17.6 Å². The van der Waals surface area contributed by atoms with Gasteiger partial charge >= 0.3 is 0 Å². The highest BCUT2D eigenvalue weighted by atomic mass is 32.1. The van der Waals surface area contributed by atoms with Crippen molar-refractivity contribution in [3.05, 3.63) is 21.4 Å². The summed E-state index contributed by atoms with van der Waals surface area (Å²) in [7, 11) is 0. The second-order valence-corrected chi connectivity index (χ2v) is 7.43. The summed E-state index contributed by atoms with van der Waals surface area (Å²) in [5, 5.41) is 3.00. The average Bonchev–Trinajstić information content (AvgIpc) is 3.19. The zero-order valence-corrected chi connectivity index (χ0v) is 14.0. The molecule has 1 aliphatic carbocycles. The Bertz CT molecular complexity index is 561. The van der Waals surface area contributed by atoms with Gasteiger partial charge in [0.1, 0.15) is 0 Å². The van der Waals surface area contributed by atoms with Crippen LogP contribution >= 0.6 is 11.3 Å². The quantitative estimate of drug-likeness (QED) is 0.927. The number of nitrogens with zero attached hydrogens (tertiary/aromatic N) is 1. The molecular formula is C17H24N2O2S. The van der Waals surface area contributed by atoms with Gasteiger partial charge in [-0.15, -0.1) is 11.3 Å². The van der Waals surface area contributed by atoms with Crippen molar-refractivity contribution >= 4 is 23.2 Å². The lowest BCUT2D eigenvalue weighted by Crippen LogP contribution is -2.34. The van der Waals surface area contributed by atoms with Crippen LogP contribution in [0.4, 0.5) is 0 Å². The topological polar surface area (TPSA) is 49.4 Å². The fourth-order valence-corrected chi connectivity index (χ4v) is 4.50. The highest BCUT2D eigenvalue weighted by Gasteiger charge is 2.28. The van der Waals surface area contributed by atoms with E-state index in [-0.39, 0.29) is 17.7 Å². The van der Waals surface area contributed by atoms with Gasteiger partial charge < -0.3 is 10.2 Å².